The van der Waals surface area contributed by atoms with Gasteiger partial charge in [0.15, 0.2) is 5.69 Å². The van der Waals surface area contributed by atoms with Gasteiger partial charge in [0.25, 0.3) is 0 Å². The molecule has 0 aliphatic carbocycles. The van der Waals surface area contributed by atoms with Crippen molar-refractivity contribution < 1.29 is 0 Å². The van der Waals surface area contributed by atoms with Crippen molar-refractivity contribution in [2.45, 2.75) is 19.8 Å². The van der Waals surface area contributed by atoms with Crippen molar-refractivity contribution >= 4 is 23.2 Å². The standard InChI is InChI=1S/C12H10Cl2N4/c1-7(2)12-11(6-15)16-17-18(12)10-4-8(13)3-9(14)5-10/h3-5,7H,1-2H3. The Morgan fingerprint density at radius 3 is 2.33 bits per heavy atom. The van der Waals surface area contributed by atoms with Crippen molar-refractivity contribution in [3.05, 3.63) is 39.6 Å². The van der Waals surface area contributed by atoms with Gasteiger partial charge in [-0.05, 0) is 24.1 Å². The van der Waals surface area contributed by atoms with Crippen LogP contribution in [-0.4, -0.2) is 15.0 Å². The quantitative estimate of drug-likeness (QED) is 0.845. The SMILES string of the molecule is CC(C)c1c(C#N)nnn1-c1cc(Cl)cc(Cl)c1. The van der Waals surface area contributed by atoms with Crippen molar-refractivity contribution in [1.29, 1.82) is 5.26 Å². The highest BCUT2D eigenvalue weighted by Crippen LogP contribution is 2.25. The summed E-state index contributed by atoms with van der Waals surface area (Å²) in [5.74, 6) is 0.118. The van der Waals surface area contributed by atoms with Gasteiger partial charge in [0.1, 0.15) is 6.07 Å². The first-order chi connectivity index (χ1) is 8.52. The van der Waals surface area contributed by atoms with Gasteiger partial charge in [-0.2, -0.15) is 5.26 Å². The van der Waals surface area contributed by atoms with E-state index in [1.165, 1.54) is 0 Å². The van der Waals surface area contributed by atoms with E-state index in [0.29, 0.717) is 21.4 Å². The van der Waals surface area contributed by atoms with Crippen LogP contribution in [-0.2, 0) is 0 Å². The average Bonchev–Trinajstić information content (AvgIpc) is 2.71. The molecule has 0 N–H and O–H groups in total. The molecule has 4 nitrogen and oxygen atoms in total. The minimum absolute atomic E-state index is 0.118. The number of benzene rings is 1. The molecule has 0 aliphatic rings. The molecule has 0 atom stereocenters. The third-order valence-corrected chi connectivity index (χ3v) is 2.89. The maximum Gasteiger partial charge on any atom is 0.186 e. The molecule has 0 unspecified atom stereocenters. The number of nitrogens with zero attached hydrogens (tertiary/aromatic N) is 4. The fourth-order valence-electron chi connectivity index (χ4n) is 1.74. The van der Waals surface area contributed by atoms with E-state index in [9.17, 15) is 0 Å². The van der Waals surface area contributed by atoms with Crippen LogP contribution >= 0.6 is 23.2 Å². The molecule has 6 heteroatoms. The van der Waals surface area contributed by atoms with Crippen LogP contribution in [0.5, 0.6) is 0 Å². The maximum absolute atomic E-state index is 9.02. The Morgan fingerprint density at radius 2 is 1.83 bits per heavy atom. The molecule has 0 spiro atoms. The third kappa shape index (κ3) is 2.33. The molecule has 0 bridgehead atoms. The van der Waals surface area contributed by atoms with E-state index in [1.807, 2.05) is 19.9 Å². The van der Waals surface area contributed by atoms with E-state index in [4.69, 9.17) is 28.5 Å². The van der Waals surface area contributed by atoms with Gasteiger partial charge in [0, 0.05) is 10.0 Å². The molecule has 0 aliphatic heterocycles. The van der Waals surface area contributed by atoms with Crippen molar-refractivity contribution in [2.24, 2.45) is 0 Å². The third-order valence-electron chi connectivity index (χ3n) is 2.45. The number of halogens is 2. The normalized spacial score (nSPS) is 10.7. The molecule has 0 amide bonds. The van der Waals surface area contributed by atoms with E-state index in [-0.39, 0.29) is 5.92 Å². The number of rotatable bonds is 2. The summed E-state index contributed by atoms with van der Waals surface area (Å²) in [4.78, 5) is 0. The lowest BCUT2D eigenvalue weighted by atomic mass is 10.1. The minimum Gasteiger partial charge on any atom is -0.216 e. The van der Waals surface area contributed by atoms with Crippen LogP contribution in [0.2, 0.25) is 10.0 Å². The van der Waals surface area contributed by atoms with Gasteiger partial charge in [-0.25, -0.2) is 4.68 Å². The van der Waals surface area contributed by atoms with Crippen molar-refractivity contribution in [2.75, 3.05) is 0 Å². The molecule has 0 saturated carbocycles. The zero-order valence-electron chi connectivity index (χ0n) is 9.85. The Morgan fingerprint density at radius 1 is 1.22 bits per heavy atom. The summed E-state index contributed by atoms with van der Waals surface area (Å²) < 4.78 is 1.60. The lowest BCUT2D eigenvalue weighted by molar-refractivity contribution is 0.715. The maximum atomic E-state index is 9.02. The number of hydrogen-bond acceptors (Lipinski definition) is 3. The van der Waals surface area contributed by atoms with Crippen LogP contribution in [0.15, 0.2) is 18.2 Å². The molecule has 0 fully saturated rings. The first-order valence-corrected chi connectivity index (χ1v) is 6.10. The summed E-state index contributed by atoms with van der Waals surface area (Å²) in [5, 5.41) is 17.9. The Hall–Kier alpha value is -1.57. The zero-order chi connectivity index (χ0) is 13.3. The highest BCUT2D eigenvalue weighted by molar-refractivity contribution is 6.34. The molecule has 0 saturated heterocycles. The summed E-state index contributed by atoms with van der Waals surface area (Å²) in [6.07, 6.45) is 0. The van der Waals surface area contributed by atoms with Crippen LogP contribution in [0.1, 0.15) is 31.2 Å². The largest absolute Gasteiger partial charge is 0.216 e. The van der Waals surface area contributed by atoms with Gasteiger partial charge in [-0.15, -0.1) is 5.10 Å². The molecule has 0 radical (unpaired) electrons. The molecular weight excluding hydrogens is 271 g/mol. The van der Waals surface area contributed by atoms with E-state index < -0.39 is 0 Å². The average molecular weight is 281 g/mol. The van der Waals surface area contributed by atoms with Crippen molar-refractivity contribution in [3.63, 3.8) is 0 Å². The van der Waals surface area contributed by atoms with Crippen LogP contribution in [0.25, 0.3) is 5.69 Å². The number of hydrogen-bond donors (Lipinski definition) is 0. The highest BCUT2D eigenvalue weighted by atomic mass is 35.5. The molecule has 1 heterocycles. The summed E-state index contributed by atoms with van der Waals surface area (Å²) in [6.45, 7) is 3.95. The first-order valence-electron chi connectivity index (χ1n) is 5.35. The van der Waals surface area contributed by atoms with Crippen LogP contribution < -0.4 is 0 Å². The van der Waals surface area contributed by atoms with Crippen LogP contribution in [0.4, 0.5) is 0 Å². The van der Waals surface area contributed by atoms with Gasteiger partial charge in [0.2, 0.25) is 0 Å². The summed E-state index contributed by atoms with van der Waals surface area (Å²) in [7, 11) is 0. The zero-order valence-corrected chi connectivity index (χ0v) is 11.4. The second kappa shape index (κ2) is 4.97. The monoisotopic (exact) mass is 280 g/mol. The molecule has 92 valence electrons. The van der Waals surface area contributed by atoms with Gasteiger partial charge in [-0.1, -0.05) is 42.3 Å². The fraction of sp³-hybridized carbons (Fsp3) is 0.250. The minimum atomic E-state index is 0.118. The molecule has 2 rings (SSSR count). The molecule has 2 aromatic rings. The van der Waals surface area contributed by atoms with E-state index >= 15 is 0 Å². The fourth-order valence-corrected chi connectivity index (χ4v) is 2.25. The van der Waals surface area contributed by atoms with E-state index in [2.05, 4.69) is 10.3 Å². The predicted octanol–water partition coefficient (Wildman–Crippen LogP) is 3.57. The van der Waals surface area contributed by atoms with E-state index in [1.54, 1.807) is 22.9 Å². The van der Waals surface area contributed by atoms with Gasteiger partial charge >= 0.3 is 0 Å². The smallest absolute Gasteiger partial charge is 0.186 e. The second-order valence-electron chi connectivity index (χ2n) is 4.13. The first kappa shape index (κ1) is 12.9. The Kier molecular flexibility index (Phi) is 3.55. The Labute approximate surface area is 115 Å². The summed E-state index contributed by atoms with van der Waals surface area (Å²) in [5.41, 5.74) is 1.77. The topological polar surface area (TPSA) is 54.5 Å². The van der Waals surface area contributed by atoms with Gasteiger partial charge in [-0.3, -0.25) is 0 Å². The predicted molar refractivity (Wildman–Crippen MR) is 70.2 cm³/mol. The molecule has 1 aromatic carbocycles. The number of aromatic nitrogens is 3. The lowest BCUT2D eigenvalue weighted by Gasteiger charge is -2.09. The molecule has 18 heavy (non-hydrogen) atoms. The summed E-state index contributed by atoms with van der Waals surface area (Å²) in [6, 6.07) is 7.14. The Bertz CT molecular complexity index is 605. The van der Waals surface area contributed by atoms with Crippen molar-refractivity contribution in [1.82, 2.24) is 15.0 Å². The van der Waals surface area contributed by atoms with E-state index in [0.717, 1.165) is 5.69 Å². The molecular formula is C12H10Cl2N4. The molecule has 1 aromatic heterocycles. The highest BCUT2D eigenvalue weighted by Gasteiger charge is 2.17. The lowest BCUT2D eigenvalue weighted by Crippen LogP contribution is -2.05. The Balaban J connectivity index is 2.64. The number of nitriles is 1. The second-order valence-corrected chi connectivity index (χ2v) is 5.00. The van der Waals surface area contributed by atoms with Crippen LogP contribution in [0.3, 0.4) is 0 Å². The van der Waals surface area contributed by atoms with Gasteiger partial charge < -0.3 is 0 Å². The van der Waals surface area contributed by atoms with Crippen LogP contribution in [0, 0.1) is 11.3 Å². The summed E-state index contributed by atoms with van der Waals surface area (Å²) >= 11 is 11.9. The van der Waals surface area contributed by atoms with Crippen molar-refractivity contribution in [3.8, 4) is 11.8 Å². The van der Waals surface area contributed by atoms with Gasteiger partial charge in [0.05, 0.1) is 11.4 Å².